The first-order chi connectivity index (χ1) is 14.2. The largest absolute Gasteiger partial charge is 0.493 e. The maximum atomic E-state index is 12.4. The SMILES string of the molecule is COc1cc(CN(C)CCC(=O)Nc2ccc([N+](=O)[O-])cc2C)ccc1OC(F)F. The summed E-state index contributed by atoms with van der Waals surface area (Å²) < 4.78 is 34.3. The summed E-state index contributed by atoms with van der Waals surface area (Å²) in [7, 11) is 3.19. The van der Waals surface area contributed by atoms with Crippen LogP contribution in [0.3, 0.4) is 0 Å². The van der Waals surface area contributed by atoms with Crippen molar-refractivity contribution in [1.82, 2.24) is 4.90 Å². The van der Waals surface area contributed by atoms with Crippen molar-refractivity contribution >= 4 is 17.3 Å². The number of nitro groups is 1. The molecule has 2 aromatic carbocycles. The number of carbonyl (C=O) groups excluding carboxylic acids is 1. The van der Waals surface area contributed by atoms with Crippen LogP contribution in [0.25, 0.3) is 0 Å². The van der Waals surface area contributed by atoms with E-state index in [0.29, 0.717) is 24.3 Å². The highest BCUT2D eigenvalue weighted by atomic mass is 19.3. The van der Waals surface area contributed by atoms with Crippen LogP contribution >= 0.6 is 0 Å². The normalized spacial score (nSPS) is 10.9. The number of non-ortho nitro benzene ring substituents is 1. The number of hydrogen-bond acceptors (Lipinski definition) is 6. The van der Waals surface area contributed by atoms with E-state index in [0.717, 1.165) is 5.56 Å². The molecule has 0 aliphatic carbocycles. The molecule has 0 aromatic heterocycles. The van der Waals surface area contributed by atoms with Crippen LogP contribution in [0.1, 0.15) is 17.5 Å². The number of ether oxygens (including phenoxy) is 2. The Morgan fingerprint density at radius 3 is 2.57 bits per heavy atom. The van der Waals surface area contributed by atoms with Crippen LogP contribution in [0.5, 0.6) is 11.5 Å². The van der Waals surface area contributed by atoms with Crippen molar-refractivity contribution in [3.8, 4) is 11.5 Å². The second-order valence-corrected chi connectivity index (χ2v) is 6.66. The van der Waals surface area contributed by atoms with Gasteiger partial charge in [-0.2, -0.15) is 8.78 Å². The van der Waals surface area contributed by atoms with Crippen molar-refractivity contribution in [1.29, 1.82) is 0 Å². The third-order valence-electron chi connectivity index (χ3n) is 4.31. The number of amides is 1. The zero-order chi connectivity index (χ0) is 22.3. The monoisotopic (exact) mass is 423 g/mol. The lowest BCUT2D eigenvalue weighted by Gasteiger charge is -2.18. The van der Waals surface area contributed by atoms with Gasteiger partial charge in [0.2, 0.25) is 5.91 Å². The van der Waals surface area contributed by atoms with Crippen LogP contribution in [-0.2, 0) is 11.3 Å². The van der Waals surface area contributed by atoms with Gasteiger partial charge in [-0.25, -0.2) is 0 Å². The van der Waals surface area contributed by atoms with Gasteiger partial charge >= 0.3 is 6.61 Å². The number of halogens is 2. The van der Waals surface area contributed by atoms with Crippen LogP contribution in [-0.4, -0.2) is 43.0 Å². The van der Waals surface area contributed by atoms with E-state index in [1.807, 2.05) is 11.9 Å². The van der Waals surface area contributed by atoms with Crippen molar-refractivity contribution in [2.24, 2.45) is 0 Å². The molecule has 0 aliphatic rings. The Labute approximate surface area is 172 Å². The van der Waals surface area contributed by atoms with Gasteiger partial charge in [-0.15, -0.1) is 0 Å². The van der Waals surface area contributed by atoms with Crippen LogP contribution < -0.4 is 14.8 Å². The minimum absolute atomic E-state index is 0.0365. The molecule has 0 unspecified atom stereocenters. The third-order valence-corrected chi connectivity index (χ3v) is 4.31. The molecule has 1 N–H and O–H groups in total. The first-order valence-electron chi connectivity index (χ1n) is 9.04. The Hall–Kier alpha value is -3.27. The molecule has 0 heterocycles. The van der Waals surface area contributed by atoms with Gasteiger partial charge in [-0.1, -0.05) is 6.07 Å². The molecule has 0 saturated heterocycles. The second kappa shape index (κ2) is 10.5. The van der Waals surface area contributed by atoms with Gasteiger partial charge in [0.1, 0.15) is 0 Å². The number of alkyl halides is 2. The minimum Gasteiger partial charge on any atom is -0.493 e. The number of rotatable bonds is 10. The van der Waals surface area contributed by atoms with Gasteiger partial charge < -0.3 is 19.7 Å². The van der Waals surface area contributed by atoms with Crippen molar-refractivity contribution in [3.05, 3.63) is 57.6 Å². The maximum Gasteiger partial charge on any atom is 0.387 e. The lowest BCUT2D eigenvalue weighted by atomic mass is 10.1. The topological polar surface area (TPSA) is 93.9 Å². The van der Waals surface area contributed by atoms with E-state index in [1.54, 1.807) is 19.1 Å². The molecule has 0 atom stereocenters. The summed E-state index contributed by atoms with van der Waals surface area (Å²) in [5.74, 6) is -0.0681. The molecular formula is C20H23F2N3O5. The van der Waals surface area contributed by atoms with Crippen molar-refractivity contribution in [3.63, 3.8) is 0 Å². The molecule has 0 saturated carbocycles. The number of aryl methyl sites for hydroxylation is 1. The zero-order valence-corrected chi connectivity index (χ0v) is 16.9. The number of nitro benzene ring substituents is 1. The summed E-state index contributed by atoms with van der Waals surface area (Å²) in [6, 6.07) is 8.91. The number of anilines is 1. The van der Waals surface area contributed by atoms with E-state index in [9.17, 15) is 23.7 Å². The summed E-state index contributed by atoms with van der Waals surface area (Å²) in [6.07, 6.45) is 0.205. The molecular weight excluding hydrogens is 400 g/mol. The predicted octanol–water partition coefficient (Wildman–Crippen LogP) is 3.97. The second-order valence-electron chi connectivity index (χ2n) is 6.66. The zero-order valence-electron chi connectivity index (χ0n) is 16.9. The Bertz CT molecular complexity index is 908. The molecule has 0 aliphatic heterocycles. The highest BCUT2D eigenvalue weighted by molar-refractivity contribution is 5.91. The van der Waals surface area contributed by atoms with E-state index < -0.39 is 11.5 Å². The fraction of sp³-hybridized carbons (Fsp3) is 0.350. The quantitative estimate of drug-likeness (QED) is 0.459. The van der Waals surface area contributed by atoms with Crippen LogP contribution in [0.2, 0.25) is 0 Å². The lowest BCUT2D eigenvalue weighted by Crippen LogP contribution is -2.24. The van der Waals surface area contributed by atoms with E-state index in [1.165, 1.54) is 31.4 Å². The van der Waals surface area contributed by atoms with E-state index in [-0.39, 0.29) is 29.5 Å². The van der Waals surface area contributed by atoms with Crippen molar-refractivity contribution in [2.75, 3.05) is 26.0 Å². The molecule has 162 valence electrons. The summed E-state index contributed by atoms with van der Waals surface area (Å²) in [5.41, 5.74) is 1.89. The van der Waals surface area contributed by atoms with E-state index >= 15 is 0 Å². The average Bonchev–Trinajstić information content (AvgIpc) is 2.68. The van der Waals surface area contributed by atoms with Gasteiger partial charge in [-0.05, 0) is 43.3 Å². The Morgan fingerprint density at radius 2 is 1.97 bits per heavy atom. The number of nitrogens with one attached hydrogen (secondary N) is 1. The average molecular weight is 423 g/mol. The predicted molar refractivity (Wildman–Crippen MR) is 107 cm³/mol. The smallest absolute Gasteiger partial charge is 0.387 e. The fourth-order valence-electron chi connectivity index (χ4n) is 2.80. The Morgan fingerprint density at radius 1 is 1.23 bits per heavy atom. The van der Waals surface area contributed by atoms with Gasteiger partial charge in [0.25, 0.3) is 5.69 Å². The molecule has 0 fully saturated rings. The van der Waals surface area contributed by atoms with Gasteiger partial charge in [-0.3, -0.25) is 14.9 Å². The van der Waals surface area contributed by atoms with E-state index in [4.69, 9.17) is 4.74 Å². The minimum atomic E-state index is -2.94. The van der Waals surface area contributed by atoms with Gasteiger partial charge in [0, 0.05) is 37.3 Å². The van der Waals surface area contributed by atoms with Gasteiger partial charge in [0.05, 0.1) is 12.0 Å². The number of benzene rings is 2. The highest BCUT2D eigenvalue weighted by Crippen LogP contribution is 2.29. The molecule has 8 nitrogen and oxygen atoms in total. The van der Waals surface area contributed by atoms with Crippen LogP contribution in [0.15, 0.2) is 36.4 Å². The van der Waals surface area contributed by atoms with Crippen LogP contribution in [0.4, 0.5) is 20.2 Å². The molecule has 10 heteroatoms. The highest BCUT2D eigenvalue weighted by Gasteiger charge is 2.13. The number of hydrogen-bond donors (Lipinski definition) is 1. The first-order valence-corrected chi connectivity index (χ1v) is 9.04. The molecule has 0 radical (unpaired) electrons. The summed E-state index contributed by atoms with van der Waals surface area (Å²) in [6.45, 7) is -0.348. The molecule has 2 aromatic rings. The number of nitrogens with zero attached hydrogens (tertiary/aromatic N) is 2. The standard InChI is InChI=1S/C20H23F2N3O5/c1-13-10-15(25(27)28)5-6-16(13)23-19(26)8-9-24(2)12-14-4-7-17(30-20(21)22)18(11-14)29-3/h4-7,10-11,20H,8-9,12H2,1-3H3,(H,23,26). The van der Waals surface area contributed by atoms with Crippen molar-refractivity contribution < 1.29 is 28.0 Å². The van der Waals surface area contributed by atoms with Crippen LogP contribution in [0, 0.1) is 17.0 Å². The molecule has 1 amide bonds. The van der Waals surface area contributed by atoms with E-state index in [2.05, 4.69) is 10.1 Å². The molecule has 0 bridgehead atoms. The Balaban J connectivity index is 1.89. The Kier molecular flexibility index (Phi) is 8.05. The van der Waals surface area contributed by atoms with Gasteiger partial charge in [0.15, 0.2) is 11.5 Å². The summed E-state index contributed by atoms with van der Waals surface area (Å²) in [4.78, 5) is 24.4. The maximum absolute atomic E-state index is 12.4. The first kappa shape index (κ1) is 23.0. The molecule has 2 rings (SSSR count). The number of carbonyl (C=O) groups is 1. The summed E-state index contributed by atoms with van der Waals surface area (Å²) >= 11 is 0. The molecule has 30 heavy (non-hydrogen) atoms. The number of methoxy groups -OCH3 is 1. The summed E-state index contributed by atoms with van der Waals surface area (Å²) in [5, 5.41) is 13.5. The molecule has 0 spiro atoms. The fourth-order valence-corrected chi connectivity index (χ4v) is 2.80. The third kappa shape index (κ3) is 6.66. The van der Waals surface area contributed by atoms with Crippen molar-refractivity contribution in [2.45, 2.75) is 26.5 Å². The lowest BCUT2D eigenvalue weighted by molar-refractivity contribution is -0.384.